The summed E-state index contributed by atoms with van der Waals surface area (Å²) in [6.07, 6.45) is 5.21. The highest BCUT2D eigenvalue weighted by Crippen LogP contribution is 2.28. The van der Waals surface area contributed by atoms with Crippen molar-refractivity contribution in [3.8, 4) is 0 Å². The van der Waals surface area contributed by atoms with Gasteiger partial charge in [0.25, 0.3) is 11.8 Å². The van der Waals surface area contributed by atoms with Crippen LogP contribution in [0.1, 0.15) is 56.4 Å². The number of nitrogens with zero attached hydrogens (tertiary/aromatic N) is 3. The van der Waals surface area contributed by atoms with E-state index in [1.54, 1.807) is 18.3 Å². The standard InChI is InChI=1S/C30H33N7O2/c1-19-12-22-6-7-23(15-27(22)36-28(32)13-19)30(39)35-25-14-24-18-37(11-8-26(24)34-16-25)17-20-2-4-21(5-3-20)29(38)33-10-9-31/h2-7,12,14-16H,8-11,13,17-18,31H2,1H3,(H2,32,36)(H,33,38)(H,35,39). The summed E-state index contributed by atoms with van der Waals surface area (Å²) in [5.41, 5.74) is 19.3. The lowest BCUT2D eigenvalue weighted by molar-refractivity contribution is 0.0954. The fourth-order valence-corrected chi connectivity index (χ4v) is 4.90. The van der Waals surface area contributed by atoms with Crippen LogP contribution in [0.3, 0.4) is 0 Å². The molecule has 0 atom stereocenters. The maximum absolute atomic E-state index is 13.1. The molecule has 200 valence electrons. The first-order valence-electron chi connectivity index (χ1n) is 13.1. The number of amidine groups is 1. The van der Waals surface area contributed by atoms with E-state index in [9.17, 15) is 9.59 Å². The smallest absolute Gasteiger partial charge is 0.255 e. The molecule has 2 aliphatic rings. The molecule has 2 aliphatic heterocycles. The van der Waals surface area contributed by atoms with Crippen molar-refractivity contribution in [2.75, 3.05) is 25.0 Å². The minimum absolute atomic E-state index is 0.116. The number of aromatic nitrogens is 1. The van der Waals surface area contributed by atoms with Gasteiger partial charge < -0.3 is 22.1 Å². The van der Waals surface area contributed by atoms with Crippen molar-refractivity contribution in [3.05, 3.63) is 93.8 Å². The van der Waals surface area contributed by atoms with E-state index >= 15 is 0 Å². The number of hydrogen-bond donors (Lipinski definition) is 4. The highest BCUT2D eigenvalue weighted by molar-refractivity contribution is 6.05. The van der Waals surface area contributed by atoms with Crippen molar-refractivity contribution < 1.29 is 9.59 Å². The van der Waals surface area contributed by atoms with Crippen LogP contribution in [0, 0.1) is 0 Å². The zero-order chi connectivity index (χ0) is 27.4. The van der Waals surface area contributed by atoms with E-state index in [0.717, 1.165) is 54.0 Å². The SMILES string of the molecule is CC1=Cc2ccc(C(=O)Nc3cnc4c(c3)CN(Cc3ccc(C(=O)NCCN)cc3)CC4)cc2N=C(N)C1. The Hall–Kier alpha value is -4.34. The van der Waals surface area contributed by atoms with Crippen molar-refractivity contribution in [3.63, 3.8) is 0 Å². The number of amides is 2. The number of benzene rings is 2. The summed E-state index contributed by atoms with van der Waals surface area (Å²) in [5, 5.41) is 5.77. The Morgan fingerprint density at radius 3 is 2.64 bits per heavy atom. The highest BCUT2D eigenvalue weighted by Gasteiger charge is 2.19. The second kappa shape index (κ2) is 11.6. The lowest BCUT2D eigenvalue weighted by Crippen LogP contribution is -2.31. The van der Waals surface area contributed by atoms with Crippen LogP contribution in [0.2, 0.25) is 0 Å². The van der Waals surface area contributed by atoms with Crippen LogP contribution in [0.5, 0.6) is 0 Å². The summed E-state index contributed by atoms with van der Waals surface area (Å²) in [6, 6.07) is 15.1. The number of carbonyl (C=O) groups excluding carboxylic acids is 2. The van der Waals surface area contributed by atoms with Gasteiger partial charge in [-0.15, -0.1) is 0 Å². The zero-order valence-electron chi connectivity index (χ0n) is 22.0. The van der Waals surface area contributed by atoms with Crippen molar-refractivity contribution in [2.45, 2.75) is 32.9 Å². The molecule has 3 heterocycles. The topological polar surface area (TPSA) is 139 Å². The van der Waals surface area contributed by atoms with E-state index < -0.39 is 0 Å². The van der Waals surface area contributed by atoms with Crippen molar-refractivity contribution in [1.29, 1.82) is 0 Å². The largest absolute Gasteiger partial charge is 0.387 e. The van der Waals surface area contributed by atoms with Gasteiger partial charge in [-0.25, -0.2) is 4.99 Å². The molecule has 0 aliphatic carbocycles. The third-order valence-electron chi connectivity index (χ3n) is 6.85. The molecule has 9 nitrogen and oxygen atoms in total. The van der Waals surface area contributed by atoms with E-state index in [1.807, 2.05) is 49.4 Å². The normalized spacial score (nSPS) is 14.8. The van der Waals surface area contributed by atoms with Gasteiger partial charge in [-0.3, -0.25) is 19.5 Å². The molecule has 0 bridgehead atoms. The van der Waals surface area contributed by atoms with Gasteiger partial charge in [-0.2, -0.15) is 0 Å². The Labute approximate surface area is 228 Å². The molecule has 0 unspecified atom stereocenters. The van der Waals surface area contributed by atoms with Crippen LogP contribution in [0.15, 0.2) is 65.3 Å². The van der Waals surface area contributed by atoms with Crippen LogP contribution < -0.4 is 22.1 Å². The molecule has 2 amide bonds. The number of aliphatic imine (C=N–C) groups is 1. The molecule has 2 aromatic carbocycles. The van der Waals surface area contributed by atoms with Crippen LogP contribution in [0.4, 0.5) is 11.4 Å². The summed E-state index contributed by atoms with van der Waals surface area (Å²) in [5.74, 6) is 0.197. The van der Waals surface area contributed by atoms with Crippen molar-refractivity contribution in [1.82, 2.24) is 15.2 Å². The van der Waals surface area contributed by atoms with Gasteiger partial charge in [0.15, 0.2) is 0 Å². The summed E-state index contributed by atoms with van der Waals surface area (Å²) in [6.45, 7) is 5.26. The van der Waals surface area contributed by atoms with Crippen LogP contribution in [-0.4, -0.2) is 47.2 Å². The van der Waals surface area contributed by atoms with Crippen molar-refractivity contribution in [2.24, 2.45) is 16.5 Å². The molecule has 5 rings (SSSR count). The lowest BCUT2D eigenvalue weighted by atomic mass is 10.0. The highest BCUT2D eigenvalue weighted by atomic mass is 16.2. The molecular formula is C30H33N7O2. The number of carbonyl (C=O) groups is 2. The summed E-state index contributed by atoms with van der Waals surface area (Å²) >= 11 is 0. The second-order valence-corrected chi connectivity index (χ2v) is 10.0. The average molecular weight is 524 g/mol. The van der Waals surface area contributed by atoms with E-state index in [1.165, 1.54) is 0 Å². The minimum atomic E-state index is -0.221. The molecule has 1 aromatic heterocycles. The molecule has 6 N–H and O–H groups in total. The Kier molecular flexibility index (Phi) is 7.81. The maximum atomic E-state index is 13.1. The number of pyridine rings is 1. The summed E-state index contributed by atoms with van der Waals surface area (Å²) in [4.78, 5) is 36.6. The van der Waals surface area contributed by atoms with E-state index in [0.29, 0.717) is 47.8 Å². The van der Waals surface area contributed by atoms with Gasteiger partial charge in [0.2, 0.25) is 0 Å². The number of nitrogens with one attached hydrogen (secondary N) is 2. The fourth-order valence-electron chi connectivity index (χ4n) is 4.90. The Bertz CT molecular complexity index is 1460. The Balaban J connectivity index is 1.24. The monoisotopic (exact) mass is 523 g/mol. The maximum Gasteiger partial charge on any atom is 0.255 e. The summed E-state index contributed by atoms with van der Waals surface area (Å²) < 4.78 is 0. The predicted molar refractivity (Wildman–Crippen MR) is 154 cm³/mol. The van der Waals surface area contributed by atoms with E-state index in [2.05, 4.69) is 25.5 Å². The van der Waals surface area contributed by atoms with Gasteiger partial charge in [-0.05, 0) is 48.4 Å². The van der Waals surface area contributed by atoms with Gasteiger partial charge in [0.05, 0.1) is 17.6 Å². The van der Waals surface area contributed by atoms with Gasteiger partial charge in [0.1, 0.15) is 5.84 Å². The number of fused-ring (bicyclic) bond motifs is 2. The Morgan fingerprint density at radius 2 is 1.85 bits per heavy atom. The number of nitrogens with two attached hydrogens (primary N) is 2. The van der Waals surface area contributed by atoms with Crippen LogP contribution >= 0.6 is 0 Å². The average Bonchev–Trinajstić information content (AvgIpc) is 3.07. The molecule has 0 fully saturated rings. The van der Waals surface area contributed by atoms with E-state index in [-0.39, 0.29) is 11.8 Å². The fraction of sp³-hybridized carbons (Fsp3) is 0.267. The minimum Gasteiger partial charge on any atom is -0.387 e. The molecule has 0 spiro atoms. The van der Waals surface area contributed by atoms with Gasteiger partial charge >= 0.3 is 0 Å². The van der Waals surface area contributed by atoms with E-state index in [4.69, 9.17) is 11.5 Å². The number of rotatable bonds is 7. The molecule has 0 radical (unpaired) electrons. The number of hydrogen-bond acceptors (Lipinski definition) is 7. The van der Waals surface area contributed by atoms with Crippen LogP contribution in [-0.2, 0) is 19.5 Å². The second-order valence-electron chi connectivity index (χ2n) is 10.0. The van der Waals surface area contributed by atoms with Crippen molar-refractivity contribution >= 4 is 35.1 Å². The third-order valence-corrected chi connectivity index (χ3v) is 6.85. The molecule has 39 heavy (non-hydrogen) atoms. The number of anilines is 1. The van der Waals surface area contributed by atoms with Crippen LogP contribution in [0.25, 0.3) is 6.08 Å². The molecule has 0 saturated carbocycles. The first-order chi connectivity index (χ1) is 18.9. The predicted octanol–water partition coefficient (Wildman–Crippen LogP) is 3.38. The molecule has 0 saturated heterocycles. The first kappa shape index (κ1) is 26.3. The van der Waals surface area contributed by atoms with Gasteiger partial charge in [0, 0.05) is 67.9 Å². The third kappa shape index (κ3) is 6.39. The Morgan fingerprint density at radius 1 is 1.05 bits per heavy atom. The quantitative estimate of drug-likeness (QED) is 0.375. The lowest BCUT2D eigenvalue weighted by Gasteiger charge is -2.28. The van der Waals surface area contributed by atoms with Gasteiger partial charge in [-0.1, -0.05) is 29.8 Å². The molecule has 9 heteroatoms. The summed E-state index contributed by atoms with van der Waals surface area (Å²) in [7, 11) is 0. The molecule has 3 aromatic rings. The molecular weight excluding hydrogens is 490 g/mol. The first-order valence-corrected chi connectivity index (χ1v) is 13.1. The zero-order valence-corrected chi connectivity index (χ0v) is 22.0.